The molecule has 1 fully saturated rings. The molecule has 2 N–H and O–H groups in total. The Kier molecular flexibility index (Phi) is 2.73. The fourth-order valence-corrected chi connectivity index (χ4v) is 2.38. The first-order valence-corrected chi connectivity index (χ1v) is 5.63. The third kappa shape index (κ3) is 1.55. The lowest BCUT2D eigenvalue weighted by Gasteiger charge is -2.39. The number of aromatic hydroxyl groups is 1. The van der Waals surface area contributed by atoms with Gasteiger partial charge in [0.2, 0.25) is 0 Å². The predicted molar refractivity (Wildman–Crippen MR) is 62.6 cm³/mol. The van der Waals surface area contributed by atoms with E-state index in [0.29, 0.717) is 29.7 Å². The maximum Gasteiger partial charge on any atom is 0.314 e. The van der Waals surface area contributed by atoms with E-state index in [1.54, 1.807) is 19.1 Å². The summed E-state index contributed by atoms with van der Waals surface area (Å²) in [7, 11) is 1.45. The topological polar surface area (TPSA) is 66.8 Å². The molecule has 1 aromatic rings. The lowest BCUT2D eigenvalue weighted by Crippen LogP contribution is -2.42. The van der Waals surface area contributed by atoms with Crippen LogP contribution in [-0.2, 0) is 10.2 Å². The van der Waals surface area contributed by atoms with Crippen molar-refractivity contribution in [2.45, 2.75) is 31.6 Å². The van der Waals surface area contributed by atoms with Gasteiger partial charge in [0.05, 0.1) is 12.5 Å². The number of aryl methyl sites for hydroxylation is 1. The van der Waals surface area contributed by atoms with E-state index in [9.17, 15) is 15.0 Å². The van der Waals surface area contributed by atoms with Crippen LogP contribution in [0.1, 0.15) is 30.4 Å². The van der Waals surface area contributed by atoms with Crippen molar-refractivity contribution in [1.82, 2.24) is 0 Å². The highest BCUT2D eigenvalue weighted by Gasteiger charge is 2.48. The SMILES string of the molecule is COc1c(C2(C(=O)O)CCC2)ccc(C)c1O. The second-order valence-corrected chi connectivity index (χ2v) is 4.55. The molecular weight excluding hydrogens is 220 g/mol. The number of carbonyl (C=O) groups is 1. The van der Waals surface area contributed by atoms with Gasteiger partial charge in [0.15, 0.2) is 11.5 Å². The van der Waals surface area contributed by atoms with Crippen LogP contribution in [0, 0.1) is 6.92 Å². The van der Waals surface area contributed by atoms with Crippen molar-refractivity contribution in [2.75, 3.05) is 7.11 Å². The number of hydrogen-bond donors (Lipinski definition) is 2. The van der Waals surface area contributed by atoms with Gasteiger partial charge in [0, 0.05) is 5.56 Å². The zero-order chi connectivity index (χ0) is 12.6. The van der Waals surface area contributed by atoms with E-state index in [1.165, 1.54) is 7.11 Å². The average molecular weight is 236 g/mol. The summed E-state index contributed by atoms with van der Waals surface area (Å²) in [6.07, 6.45) is 2.09. The van der Waals surface area contributed by atoms with E-state index in [2.05, 4.69) is 0 Å². The second kappa shape index (κ2) is 3.95. The van der Waals surface area contributed by atoms with Gasteiger partial charge in [-0.25, -0.2) is 0 Å². The molecule has 2 rings (SSSR count). The Morgan fingerprint density at radius 2 is 2.06 bits per heavy atom. The van der Waals surface area contributed by atoms with Crippen LogP contribution in [0.4, 0.5) is 0 Å². The molecule has 0 aliphatic heterocycles. The molecule has 1 saturated carbocycles. The standard InChI is InChI=1S/C13H16O4/c1-8-4-5-9(11(17-2)10(8)14)13(12(15)16)6-3-7-13/h4-5,14H,3,6-7H2,1-2H3,(H,15,16). The monoisotopic (exact) mass is 236 g/mol. The number of phenolic OH excluding ortho intramolecular Hbond substituents is 1. The lowest BCUT2D eigenvalue weighted by atomic mass is 9.64. The summed E-state index contributed by atoms with van der Waals surface area (Å²) in [5.41, 5.74) is 0.392. The molecule has 0 aromatic heterocycles. The molecule has 0 saturated heterocycles. The minimum absolute atomic E-state index is 0.0394. The highest BCUT2D eigenvalue weighted by atomic mass is 16.5. The number of hydrogen-bond acceptors (Lipinski definition) is 3. The van der Waals surface area contributed by atoms with Crippen LogP contribution >= 0.6 is 0 Å². The van der Waals surface area contributed by atoms with Crippen LogP contribution in [0.25, 0.3) is 0 Å². The van der Waals surface area contributed by atoms with Crippen LogP contribution in [0.5, 0.6) is 11.5 Å². The van der Waals surface area contributed by atoms with Crippen LogP contribution in [-0.4, -0.2) is 23.3 Å². The molecule has 17 heavy (non-hydrogen) atoms. The van der Waals surface area contributed by atoms with Crippen molar-refractivity contribution in [3.8, 4) is 11.5 Å². The molecule has 0 atom stereocenters. The molecular formula is C13H16O4. The maximum atomic E-state index is 11.4. The van der Waals surface area contributed by atoms with E-state index in [1.807, 2.05) is 0 Å². The highest BCUT2D eigenvalue weighted by Crippen LogP contribution is 2.50. The van der Waals surface area contributed by atoms with Crippen molar-refractivity contribution in [3.63, 3.8) is 0 Å². The number of rotatable bonds is 3. The number of methoxy groups -OCH3 is 1. The molecule has 0 heterocycles. The normalized spacial score (nSPS) is 17.3. The molecule has 0 amide bonds. The molecule has 1 aliphatic carbocycles. The second-order valence-electron chi connectivity index (χ2n) is 4.55. The molecule has 0 unspecified atom stereocenters. The van der Waals surface area contributed by atoms with Gasteiger partial charge < -0.3 is 14.9 Å². The predicted octanol–water partition coefficient (Wildman–Crippen LogP) is 2.22. The zero-order valence-corrected chi connectivity index (χ0v) is 9.99. The zero-order valence-electron chi connectivity index (χ0n) is 9.99. The van der Waals surface area contributed by atoms with Gasteiger partial charge in [-0.3, -0.25) is 4.79 Å². The van der Waals surface area contributed by atoms with Crippen molar-refractivity contribution >= 4 is 5.97 Å². The lowest BCUT2D eigenvalue weighted by molar-refractivity contribution is -0.147. The Morgan fingerprint density at radius 3 is 2.47 bits per heavy atom. The van der Waals surface area contributed by atoms with Crippen molar-refractivity contribution < 1.29 is 19.7 Å². The molecule has 1 aliphatic rings. The fourth-order valence-electron chi connectivity index (χ4n) is 2.38. The Hall–Kier alpha value is -1.71. The summed E-state index contributed by atoms with van der Waals surface area (Å²) in [6, 6.07) is 3.48. The number of carboxylic acids is 1. The minimum atomic E-state index is -0.878. The Labute approximate surface area is 99.8 Å². The number of ether oxygens (including phenoxy) is 1. The molecule has 92 valence electrons. The molecule has 1 aromatic carbocycles. The smallest absolute Gasteiger partial charge is 0.314 e. The average Bonchev–Trinajstić information content (AvgIpc) is 2.21. The van der Waals surface area contributed by atoms with Crippen LogP contribution in [0.15, 0.2) is 12.1 Å². The Morgan fingerprint density at radius 1 is 1.41 bits per heavy atom. The van der Waals surface area contributed by atoms with Crippen LogP contribution in [0.3, 0.4) is 0 Å². The van der Waals surface area contributed by atoms with Gasteiger partial charge in [-0.2, -0.15) is 0 Å². The molecule has 4 nitrogen and oxygen atoms in total. The number of carboxylic acid groups (broad SMARTS) is 1. The Bertz CT molecular complexity index is 461. The number of benzene rings is 1. The van der Waals surface area contributed by atoms with E-state index >= 15 is 0 Å². The van der Waals surface area contributed by atoms with E-state index < -0.39 is 11.4 Å². The Balaban J connectivity index is 2.59. The van der Waals surface area contributed by atoms with Crippen molar-refractivity contribution in [1.29, 1.82) is 0 Å². The third-order valence-corrected chi connectivity index (χ3v) is 3.67. The van der Waals surface area contributed by atoms with Gasteiger partial charge in [-0.1, -0.05) is 18.6 Å². The van der Waals surface area contributed by atoms with E-state index in [0.717, 1.165) is 6.42 Å². The first kappa shape index (κ1) is 11.8. The van der Waals surface area contributed by atoms with Crippen molar-refractivity contribution in [3.05, 3.63) is 23.3 Å². The van der Waals surface area contributed by atoms with E-state index in [4.69, 9.17) is 4.74 Å². The summed E-state index contributed by atoms with van der Waals surface area (Å²) in [6.45, 7) is 1.76. The summed E-state index contributed by atoms with van der Waals surface area (Å²) in [5.74, 6) is -0.505. The number of phenols is 1. The van der Waals surface area contributed by atoms with Gasteiger partial charge in [-0.05, 0) is 25.3 Å². The van der Waals surface area contributed by atoms with Crippen LogP contribution < -0.4 is 4.74 Å². The quantitative estimate of drug-likeness (QED) is 0.844. The van der Waals surface area contributed by atoms with Crippen LogP contribution in [0.2, 0.25) is 0 Å². The van der Waals surface area contributed by atoms with Gasteiger partial charge in [-0.15, -0.1) is 0 Å². The largest absolute Gasteiger partial charge is 0.504 e. The first-order chi connectivity index (χ1) is 8.03. The van der Waals surface area contributed by atoms with Crippen molar-refractivity contribution in [2.24, 2.45) is 0 Å². The van der Waals surface area contributed by atoms with E-state index in [-0.39, 0.29) is 5.75 Å². The number of aliphatic carboxylic acids is 1. The summed E-state index contributed by atoms with van der Waals surface area (Å²) in [4.78, 5) is 11.4. The molecule has 0 spiro atoms. The van der Waals surface area contributed by atoms with Gasteiger partial charge in [0.1, 0.15) is 0 Å². The summed E-state index contributed by atoms with van der Waals surface area (Å²) in [5, 5.41) is 19.3. The van der Waals surface area contributed by atoms with Gasteiger partial charge in [0.25, 0.3) is 0 Å². The minimum Gasteiger partial charge on any atom is -0.504 e. The summed E-state index contributed by atoms with van der Waals surface area (Å²) >= 11 is 0. The third-order valence-electron chi connectivity index (χ3n) is 3.67. The molecule has 4 heteroatoms. The maximum absolute atomic E-state index is 11.4. The van der Waals surface area contributed by atoms with Gasteiger partial charge >= 0.3 is 5.97 Å². The fraction of sp³-hybridized carbons (Fsp3) is 0.462. The highest BCUT2D eigenvalue weighted by molar-refractivity contribution is 5.84. The molecule has 0 bridgehead atoms. The summed E-state index contributed by atoms with van der Waals surface area (Å²) < 4.78 is 5.18. The molecule has 0 radical (unpaired) electrons. The first-order valence-electron chi connectivity index (χ1n) is 5.63.